The van der Waals surface area contributed by atoms with Crippen molar-refractivity contribution in [2.75, 3.05) is 23.9 Å². The first kappa shape index (κ1) is 31.9. The van der Waals surface area contributed by atoms with Gasteiger partial charge in [-0.25, -0.2) is 9.59 Å². The van der Waals surface area contributed by atoms with Gasteiger partial charge in [-0.1, -0.05) is 56.1 Å². The molecule has 2 aromatic carbocycles. The quantitative estimate of drug-likeness (QED) is 0.0740. The van der Waals surface area contributed by atoms with Crippen LogP contribution < -0.4 is 9.47 Å². The molecule has 0 aliphatic heterocycles. The van der Waals surface area contributed by atoms with Gasteiger partial charge in [0.1, 0.15) is 34.5 Å². The van der Waals surface area contributed by atoms with Gasteiger partial charge in [0.05, 0.1) is 39.0 Å². The first-order valence-corrected chi connectivity index (χ1v) is 16.7. The Kier molecular flexibility index (Phi) is 11.3. The molecule has 2 heterocycles. The minimum Gasteiger partial charge on any atom is -0.488 e. The first-order valence-electron chi connectivity index (χ1n) is 12.9. The summed E-state index contributed by atoms with van der Waals surface area (Å²) in [6.45, 7) is 3.63. The molecule has 0 aliphatic rings. The number of benzene rings is 2. The Bertz CT molecular complexity index is 1510. The van der Waals surface area contributed by atoms with Crippen LogP contribution in [0, 0.1) is 0 Å². The third kappa shape index (κ3) is 6.94. The van der Waals surface area contributed by atoms with Crippen LogP contribution in [0.4, 0.5) is 0 Å². The number of thiophene rings is 2. The highest BCUT2D eigenvalue weighted by molar-refractivity contribution is 9.09. The van der Waals surface area contributed by atoms with Crippen LogP contribution in [0.1, 0.15) is 65.0 Å². The smallest absolute Gasteiger partial charge is 0.348 e. The van der Waals surface area contributed by atoms with Crippen LogP contribution in [0.3, 0.4) is 0 Å². The van der Waals surface area contributed by atoms with Gasteiger partial charge in [-0.05, 0) is 38.1 Å². The number of esters is 2. The maximum absolute atomic E-state index is 13.0. The molecule has 0 amide bonds. The van der Waals surface area contributed by atoms with Crippen molar-refractivity contribution in [3.8, 4) is 11.5 Å². The Morgan fingerprint density at radius 2 is 1.07 bits per heavy atom. The van der Waals surface area contributed by atoms with E-state index in [1.165, 1.54) is 22.7 Å². The average Bonchev–Trinajstić information content (AvgIpc) is 3.55. The van der Waals surface area contributed by atoms with Crippen LogP contribution in [-0.4, -0.2) is 47.4 Å². The maximum Gasteiger partial charge on any atom is 0.348 e. The largest absolute Gasteiger partial charge is 0.488 e. The van der Waals surface area contributed by atoms with Crippen LogP contribution in [-0.2, 0) is 22.7 Å². The molecule has 220 valence electrons. The molecule has 12 heteroatoms. The summed E-state index contributed by atoms with van der Waals surface area (Å²) in [7, 11) is 0. The summed E-state index contributed by atoms with van der Waals surface area (Å²) in [6.07, 6.45) is 0. The fourth-order valence-corrected chi connectivity index (χ4v) is 7.37. The van der Waals surface area contributed by atoms with Crippen molar-refractivity contribution >= 4 is 87.4 Å². The van der Waals surface area contributed by atoms with Gasteiger partial charge in [0.2, 0.25) is 0 Å². The molecule has 0 radical (unpaired) electrons. The molecule has 8 nitrogen and oxygen atoms in total. The minimum absolute atomic E-state index is 0.0780. The summed E-state index contributed by atoms with van der Waals surface area (Å²) in [5.41, 5.74) is 1.80. The molecule has 4 rings (SSSR count). The van der Waals surface area contributed by atoms with Crippen LogP contribution >= 0.6 is 54.5 Å². The number of hydrogen-bond acceptors (Lipinski definition) is 10. The van der Waals surface area contributed by atoms with Gasteiger partial charge in [-0.15, -0.1) is 22.7 Å². The SMILES string of the molecule is CCOC(=O)c1sc2sc(C(=O)OCC)c(COc3ccccc3C(=O)CBr)c2c1COc1ccccc1C(=O)CBr. The zero-order chi connectivity index (χ0) is 30.2. The van der Waals surface area contributed by atoms with Crippen molar-refractivity contribution in [3.05, 3.63) is 80.5 Å². The molecule has 4 aromatic rings. The zero-order valence-corrected chi connectivity index (χ0v) is 27.5. The number of ether oxygens (including phenoxy) is 4. The molecular formula is C30H26Br2O8S2. The Hall–Kier alpha value is -3.06. The molecule has 2 aromatic heterocycles. The second-order valence-electron chi connectivity index (χ2n) is 8.61. The van der Waals surface area contributed by atoms with E-state index >= 15 is 0 Å². The maximum atomic E-state index is 13.0. The third-order valence-electron chi connectivity index (χ3n) is 6.03. The van der Waals surface area contributed by atoms with Crippen molar-refractivity contribution in [1.82, 2.24) is 0 Å². The van der Waals surface area contributed by atoms with Gasteiger partial charge >= 0.3 is 11.9 Å². The highest BCUT2D eigenvalue weighted by Crippen LogP contribution is 2.43. The van der Waals surface area contributed by atoms with Gasteiger partial charge in [0.15, 0.2) is 11.6 Å². The van der Waals surface area contributed by atoms with Crippen molar-refractivity contribution in [2.45, 2.75) is 27.1 Å². The lowest BCUT2D eigenvalue weighted by molar-refractivity contribution is 0.0520. The summed E-state index contributed by atoms with van der Waals surface area (Å²) in [4.78, 5) is 51.7. The van der Waals surface area contributed by atoms with Gasteiger partial charge in [-0.3, -0.25) is 9.59 Å². The minimum atomic E-state index is -0.521. The summed E-state index contributed by atoms with van der Waals surface area (Å²) < 4.78 is 23.6. The van der Waals surface area contributed by atoms with Gasteiger partial charge < -0.3 is 18.9 Å². The molecular weight excluding hydrogens is 712 g/mol. The molecule has 0 fully saturated rings. The standard InChI is InChI=1S/C30H26Br2O8S2/c1-3-37-28(35)26-19(15-39-23-11-7-5-9-17(23)21(33)13-31)25-20(27(29(36)38-4-2)42-30(25)41-26)16-40-24-12-8-6-10-18(24)22(34)14-32/h5-12H,3-4,13-16H2,1-2H3. The van der Waals surface area contributed by atoms with Crippen LogP contribution in [0.15, 0.2) is 48.5 Å². The summed E-state index contributed by atoms with van der Waals surface area (Å²) >= 11 is 8.79. The zero-order valence-electron chi connectivity index (χ0n) is 22.7. The predicted molar refractivity (Wildman–Crippen MR) is 169 cm³/mol. The third-order valence-corrected chi connectivity index (χ3v) is 9.56. The first-order chi connectivity index (χ1) is 20.3. The normalized spacial score (nSPS) is 10.9. The van der Waals surface area contributed by atoms with E-state index in [4.69, 9.17) is 18.9 Å². The number of Topliss-reactive ketones (excluding diaryl/α,β-unsaturated/α-hetero) is 2. The number of carbonyl (C=O) groups excluding carboxylic acids is 4. The number of para-hydroxylation sites is 2. The lowest BCUT2D eigenvalue weighted by atomic mass is 10.1. The molecule has 0 atom stereocenters. The fourth-order valence-electron chi connectivity index (χ4n) is 4.18. The van der Waals surface area contributed by atoms with E-state index in [9.17, 15) is 19.2 Å². The van der Waals surface area contributed by atoms with Crippen LogP contribution in [0.25, 0.3) is 9.40 Å². The van der Waals surface area contributed by atoms with Crippen molar-refractivity contribution in [3.63, 3.8) is 0 Å². The van der Waals surface area contributed by atoms with Crippen molar-refractivity contribution < 1.29 is 38.1 Å². The monoisotopic (exact) mass is 736 g/mol. The van der Waals surface area contributed by atoms with E-state index in [1.807, 2.05) is 0 Å². The molecule has 0 saturated heterocycles. The number of hydrogen-bond donors (Lipinski definition) is 0. The van der Waals surface area contributed by atoms with E-state index in [-0.39, 0.29) is 48.7 Å². The number of fused-ring (bicyclic) bond motifs is 1. The number of carbonyl (C=O) groups is 4. The van der Waals surface area contributed by atoms with Gasteiger partial charge in [0, 0.05) is 16.5 Å². The summed E-state index contributed by atoms with van der Waals surface area (Å²) in [5.74, 6) is -0.636. The predicted octanol–water partition coefficient (Wildman–Crippen LogP) is 7.63. The number of alkyl halides is 2. The van der Waals surface area contributed by atoms with Crippen LogP contribution in [0.2, 0.25) is 0 Å². The topological polar surface area (TPSA) is 105 Å². The van der Waals surface area contributed by atoms with E-state index < -0.39 is 11.9 Å². The van der Waals surface area contributed by atoms with E-state index in [0.29, 0.717) is 52.9 Å². The fraction of sp³-hybridized carbons (Fsp3) is 0.267. The summed E-state index contributed by atoms with van der Waals surface area (Å²) in [5, 5.41) is 0.862. The summed E-state index contributed by atoms with van der Waals surface area (Å²) in [6, 6.07) is 13.7. The van der Waals surface area contributed by atoms with Gasteiger partial charge in [-0.2, -0.15) is 0 Å². The molecule has 0 bridgehead atoms. The second kappa shape index (κ2) is 14.9. The van der Waals surface area contributed by atoms with E-state index in [1.54, 1.807) is 62.4 Å². The van der Waals surface area contributed by atoms with Gasteiger partial charge in [0.25, 0.3) is 0 Å². The van der Waals surface area contributed by atoms with Crippen molar-refractivity contribution in [1.29, 1.82) is 0 Å². The Morgan fingerprint density at radius 1 is 0.667 bits per heavy atom. The lowest BCUT2D eigenvalue weighted by Crippen LogP contribution is -2.11. The molecule has 42 heavy (non-hydrogen) atoms. The Labute approximate surface area is 267 Å². The average molecular weight is 738 g/mol. The molecule has 0 saturated carbocycles. The Balaban J connectivity index is 1.83. The molecule has 0 spiro atoms. The highest BCUT2D eigenvalue weighted by atomic mass is 79.9. The highest BCUT2D eigenvalue weighted by Gasteiger charge is 2.29. The van der Waals surface area contributed by atoms with Crippen molar-refractivity contribution in [2.24, 2.45) is 0 Å². The van der Waals surface area contributed by atoms with Crippen LogP contribution in [0.5, 0.6) is 11.5 Å². The van der Waals surface area contributed by atoms with E-state index in [2.05, 4.69) is 31.9 Å². The molecule has 0 N–H and O–H groups in total. The van der Waals surface area contributed by atoms with E-state index in [0.717, 1.165) is 0 Å². The number of halogens is 2. The molecule has 0 aliphatic carbocycles. The second-order valence-corrected chi connectivity index (χ2v) is 12.0. The number of ketones is 2. The lowest BCUT2D eigenvalue weighted by Gasteiger charge is -2.13. The molecule has 0 unspecified atom stereocenters. The Morgan fingerprint density at radius 3 is 1.45 bits per heavy atom. The number of rotatable bonds is 14.